The van der Waals surface area contributed by atoms with E-state index in [1.54, 1.807) is 0 Å². The second kappa shape index (κ2) is 8.73. The van der Waals surface area contributed by atoms with Gasteiger partial charge in [0.25, 0.3) is 0 Å². The SMILES string of the molecule is N#Cc1ccc(-c2ccc3c(c2)c2ccccc2n3-c2ccccc2)c2c3ccccc3n(-c3ccccc3)c12. The van der Waals surface area contributed by atoms with Gasteiger partial charge in [-0.15, -0.1) is 0 Å². The van der Waals surface area contributed by atoms with Crippen molar-refractivity contribution >= 4 is 43.6 Å². The van der Waals surface area contributed by atoms with Crippen LogP contribution >= 0.6 is 0 Å². The Balaban J connectivity index is 1.47. The molecule has 2 heterocycles. The number of nitrogens with zero attached hydrogens (tertiary/aromatic N) is 3. The van der Waals surface area contributed by atoms with Crippen LogP contribution in [0.1, 0.15) is 5.56 Å². The molecule has 0 unspecified atom stereocenters. The summed E-state index contributed by atoms with van der Waals surface area (Å²) in [7, 11) is 0. The number of benzene rings is 6. The lowest BCUT2D eigenvalue weighted by Gasteiger charge is -2.11. The van der Waals surface area contributed by atoms with Gasteiger partial charge < -0.3 is 9.13 Å². The van der Waals surface area contributed by atoms with Crippen molar-refractivity contribution < 1.29 is 0 Å². The Labute approximate surface area is 231 Å². The molecule has 8 aromatic rings. The van der Waals surface area contributed by atoms with E-state index in [0.29, 0.717) is 5.56 Å². The van der Waals surface area contributed by atoms with Crippen LogP contribution in [-0.2, 0) is 0 Å². The van der Waals surface area contributed by atoms with Crippen LogP contribution in [0.5, 0.6) is 0 Å². The second-order valence-corrected chi connectivity index (χ2v) is 10.1. The molecule has 0 atom stereocenters. The first-order valence-corrected chi connectivity index (χ1v) is 13.4. The maximum absolute atomic E-state index is 10.2. The second-order valence-electron chi connectivity index (χ2n) is 10.1. The Morgan fingerprint density at radius 3 is 1.75 bits per heavy atom. The first-order chi connectivity index (χ1) is 19.8. The Kier molecular flexibility index (Phi) is 4.89. The molecule has 3 nitrogen and oxygen atoms in total. The van der Waals surface area contributed by atoms with Crippen LogP contribution in [0.3, 0.4) is 0 Å². The summed E-state index contributed by atoms with van der Waals surface area (Å²) in [6.45, 7) is 0. The largest absolute Gasteiger partial charge is 0.309 e. The Hall–Kier alpha value is -5.59. The minimum Gasteiger partial charge on any atom is -0.309 e. The van der Waals surface area contributed by atoms with E-state index in [-0.39, 0.29) is 0 Å². The van der Waals surface area contributed by atoms with Crippen LogP contribution in [0.15, 0.2) is 140 Å². The van der Waals surface area contributed by atoms with Crippen LogP contribution in [0.25, 0.3) is 66.1 Å². The Morgan fingerprint density at radius 2 is 1.05 bits per heavy atom. The Morgan fingerprint density at radius 1 is 0.475 bits per heavy atom. The molecule has 0 radical (unpaired) electrons. The smallest absolute Gasteiger partial charge is 0.101 e. The maximum Gasteiger partial charge on any atom is 0.101 e. The van der Waals surface area contributed by atoms with Crippen molar-refractivity contribution in [2.75, 3.05) is 0 Å². The minimum absolute atomic E-state index is 0.667. The molecule has 0 fully saturated rings. The molecular formula is C37H23N3. The van der Waals surface area contributed by atoms with Crippen LogP contribution < -0.4 is 0 Å². The highest BCUT2D eigenvalue weighted by Crippen LogP contribution is 2.42. The van der Waals surface area contributed by atoms with Crippen molar-refractivity contribution in [1.82, 2.24) is 9.13 Å². The van der Waals surface area contributed by atoms with Gasteiger partial charge in [-0.1, -0.05) is 84.9 Å². The van der Waals surface area contributed by atoms with Crippen LogP contribution in [-0.4, -0.2) is 9.13 Å². The summed E-state index contributed by atoms with van der Waals surface area (Å²) in [6, 6.07) is 51.2. The lowest BCUT2D eigenvalue weighted by atomic mass is 9.96. The third kappa shape index (κ3) is 3.17. The molecule has 2 aromatic heterocycles. The van der Waals surface area contributed by atoms with E-state index in [1.165, 1.54) is 21.8 Å². The van der Waals surface area contributed by atoms with Crippen molar-refractivity contribution in [1.29, 1.82) is 5.26 Å². The minimum atomic E-state index is 0.667. The number of hydrogen-bond donors (Lipinski definition) is 0. The van der Waals surface area contributed by atoms with Gasteiger partial charge in [-0.05, 0) is 65.7 Å². The third-order valence-electron chi connectivity index (χ3n) is 7.95. The average Bonchev–Trinajstić information content (AvgIpc) is 3.55. The van der Waals surface area contributed by atoms with E-state index in [4.69, 9.17) is 0 Å². The van der Waals surface area contributed by atoms with Gasteiger partial charge in [0.05, 0.1) is 27.6 Å². The van der Waals surface area contributed by atoms with Crippen LogP contribution in [0.2, 0.25) is 0 Å². The lowest BCUT2D eigenvalue weighted by molar-refractivity contribution is 1.18. The lowest BCUT2D eigenvalue weighted by Crippen LogP contribution is -1.95. The van der Waals surface area contributed by atoms with E-state index < -0.39 is 0 Å². The molecule has 0 bridgehead atoms. The molecule has 0 saturated heterocycles. The molecular weight excluding hydrogens is 486 g/mol. The molecule has 0 amide bonds. The molecule has 0 aliphatic rings. The van der Waals surface area contributed by atoms with E-state index in [2.05, 4.69) is 130 Å². The number of rotatable bonds is 3. The molecule has 186 valence electrons. The highest BCUT2D eigenvalue weighted by molar-refractivity contribution is 6.18. The van der Waals surface area contributed by atoms with Crippen LogP contribution in [0, 0.1) is 11.3 Å². The summed E-state index contributed by atoms with van der Waals surface area (Å²) in [4.78, 5) is 0. The zero-order valence-electron chi connectivity index (χ0n) is 21.6. The quantitative estimate of drug-likeness (QED) is 0.233. The molecule has 0 aliphatic carbocycles. The predicted octanol–water partition coefficient (Wildman–Crippen LogP) is 9.42. The van der Waals surface area contributed by atoms with Crippen LogP contribution in [0.4, 0.5) is 0 Å². The van der Waals surface area contributed by atoms with Crippen molar-refractivity contribution in [3.05, 3.63) is 145 Å². The van der Waals surface area contributed by atoms with Gasteiger partial charge in [-0.3, -0.25) is 0 Å². The van der Waals surface area contributed by atoms with Gasteiger partial charge in [0, 0.05) is 32.9 Å². The van der Waals surface area contributed by atoms with Gasteiger partial charge >= 0.3 is 0 Å². The summed E-state index contributed by atoms with van der Waals surface area (Å²) in [6.07, 6.45) is 0. The van der Waals surface area contributed by atoms with Gasteiger partial charge in [-0.2, -0.15) is 5.26 Å². The fourth-order valence-electron chi connectivity index (χ4n) is 6.27. The third-order valence-corrected chi connectivity index (χ3v) is 7.95. The van der Waals surface area contributed by atoms with Gasteiger partial charge in [0.15, 0.2) is 0 Å². The summed E-state index contributed by atoms with van der Waals surface area (Å²) in [5, 5.41) is 14.9. The summed E-state index contributed by atoms with van der Waals surface area (Å²) < 4.78 is 4.57. The number of aromatic nitrogens is 2. The molecule has 6 aromatic carbocycles. The Bertz CT molecular complexity index is 2260. The maximum atomic E-state index is 10.2. The van der Waals surface area contributed by atoms with E-state index in [9.17, 15) is 5.26 Å². The van der Waals surface area contributed by atoms with Crippen molar-refractivity contribution in [3.8, 4) is 28.6 Å². The number of nitriles is 1. The van der Waals surface area contributed by atoms with Crippen molar-refractivity contribution in [2.45, 2.75) is 0 Å². The van der Waals surface area contributed by atoms with Gasteiger partial charge in [0.2, 0.25) is 0 Å². The van der Waals surface area contributed by atoms with E-state index in [0.717, 1.165) is 44.3 Å². The van der Waals surface area contributed by atoms with Gasteiger partial charge in [-0.25, -0.2) is 0 Å². The normalized spacial score (nSPS) is 11.5. The first kappa shape index (κ1) is 22.4. The molecule has 40 heavy (non-hydrogen) atoms. The highest BCUT2D eigenvalue weighted by Gasteiger charge is 2.20. The number of para-hydroxylation sites is 4. The predicted molar refractivity (Wildman–Crippen MR) is 165 cm³/mol. The number of fused-ring (bicyclic) bond motifs is 6. The summed E-state index contributed by atoms with van der Waals surface area (Å²) in [5.74, 6) is 0. The molecule has 0 saturated carbocycles. The molecule has 3 heteroatoms. The topological polar surface area (TPSA) is 33.6 Å². The average molecular weight is 510 g/mol. The standard InChI is InChI=1S/C37H23N3/c38-24-26-19-21-29(36-31-16-8-10-18-34(31)40(37(26)36)28-13-5-2-6-14-28)25-20-22-35-32(23-25)30-15-7-9-17-33(30)39(35)27-11-3-1-4-12-27/h1-23H. The highest BCUT2D eigenvalue weighted by atomic mass is 15.0. The summed E-state index contributed by atoms with van der Waals surface area (Å²) >= 11 is 0. The van der Waals surface area contributed by atoms with E-state index >= 15 is 0 Å². The molecule has 0 spiro atoms. The molecule has 0 aliphatic heterocycles. The molecule has 8 rings (SSSR count). The fourth-order valence-corrected chi connectivity index (χ4v) is 6.27. The molecule has 0 N–H and O–H groups in total. The summed E-state index contributed by atoms with van der Waals surface area (Å²) in [5.41, 5.74) is 9.51. The first-order valence-electron chi connectivity index (χ1n) is 13.4. The van der Waals surface area contributed by atoms with Crippen molar-refractivity contribution in [2.24, 2.45) is 0 Å². The van der Waals surface area contributed by atoms with E-state index in [1.807, 2.05) is 24.3 Å². The monoisotopic (exact) mass is 509 g/mol. The number of hydrogen-bond acceptors (Lipinski definition) is 1. The van der Waals surface area contributed by atoms with Crippen molar-refractivity contribution in [3.63, 3.8) is 0 Å². The zero-order chi connectivity index (χ0) is 26.6. The fraction of sp³-hybridized carbons (Fsp3) is 0. The zero-order valence-corrected chi connectivity index (χ0v) is 21.6. The van der Waals surface area contributed by atoms with Gasteiger partial charge in [0.1, 0.15) is 6.07 Å².